The van der Waals surface area contributed by atoms with E-state index in [2.05, 4.69) is 5.32 Å². The molecule has 2 fully saturated rings. The molecule has 3 N–H and O–H groups in total. The average Bonchev–Trinajstić information content (AvgIpc) is 2.77. The van der Waals surface area contributed by atoms with Crippen LogP contribution in [0, 0.1) is 0 Å². The number of nitrogens with one attached hydrogen (secondary N) is 1. The van der Waals surface area contributed by atoms with Gasteiger partial charge >= 0.3 is 5.97 Å². The smallest absolute Gasteiger partial charge is 0.327 e. The largest absolute Gasteiger partial charge is 0.494 e. The van der Waals surface area contributed by atoms with E-state index in [4.69, 9.17) is 0 Å². The average molecular weight is 367 g/mol. The molecule has 2 saturated heterocycles. The number of aromatic nitrogens is 1. The van der Waals surface area contributed by atoms with E-state index in [-0.39, 0.29) is 5.88 Å². The number of carbonyl (C=O) groups excluding carboxylic acids is 2. The fourth-order valence-corrected chi connectivity index (χ4v) is 4.80. The highest BCUT2D eigenvalue weighted by Crippen LogP contribution is 2.50. The van der Waals surface area contributed by atoms with Gasteiger partial charge in [-0.15, -0.1) is 11.8 Å². The number of amides is 2. The first kappa shape index (κ1) is 17.3. The van der Waals surface area contributed by atoms with E-state index < -0.39 is 52.1 Å². The van der Waals surface area contributed by atoms with Crippen molar-refractivity contribution in [3.05, 3.63) is 28.6 Å². The number of carbonyl (C=O) groups is 3. The fraction of sp³-hybridized carbons (Fsp3) is 0.467. The molecule has 0 radical (unpaired) electrons. The summed E-state index contributed by atoms with van der Waals surface area (Å²) in [6, 6.07) is 2.04. The zero-order valence-electron chi connectivity index (χ0n) is 13.5. The van der Waals surface area contributed by atoms with Crippen molar-refractivity contribution in [1.29, 1.82) is 0 Å². The summed E-state index contributed by atoms with van der Waals surface area (Å²) in [4.78, 5) is 48.8. The second kappa shape index (κ2) is 5.80. The Bertz CT molecular complexity index is 820. The molecule has 0 bridgehead atoms. The minimum Gasteiger partial charge on any atom is -0.494 e. The van der Waals surface area contributed by atoms with Crippen molar-refractivity contribution >= 4 is 29.5 Å². The summed E-state index contributed by atoms with van der Waals surface area (Å²) < 4.78 is 0.197. The lowest BCUT2D eigenvalue weighted by Crippen LogP contribution is -2.70. The number of carboxylic acids is 1. The van der Waals surface area contributed by atoms with Gasteiger partial charge in [0.15, 0.2) is 5.88 Å². The van der Waals surface area contributed by atoms with Crippen molar-refractivity contribution < 1.29 is 24.6 Å². The third kappa shape index (κ3) is 2.76. The van der Waals surface area contributed by atoms with Gasteiger partial charge in [0.05, 0.1) is 0 Å². The molecule has 1 aromatic heterocycles. The number of aromatic hydroxyl groups is 1. The molecule has 9 nitrogen and oxygen atoms in total. The lowest BCUT2D eigenvalue weighted by Gasteiger charge is -2.43. The summed E-state index contributed by atoms with van der Waals surface area (Å²) in [5, 5.41) is 21.1. The van der Waals surface area contributed by atoms with Crippen LogP contribution < -0.4 is 10.9 Å². The molecule has 3 atom stereocenters. The van der Waals surface area contributed by atoms with Crippen LogP contribution in [0.25, 0.3) is 0 Å². The zero-order valence-corrected chi connectivity index (χ0v) is 14.3. The van der Waals surface area contributed by atoms with Crippen LogP contribution in [-0.4, -0.2) is 59.7 Å². The number of nitrogens with zero attached hydrogens (tertiary/aromatic N) is 2. The van der Waals surface area contributed by atoms with Crippen LogP contribution in [0.15, 0.2) is 23.0 Å². The van der Waals surface area contributed by atoms with Gasteiger partial charge in [0.25, 0.3) is 5.56 Å². The van der Waals surface area contributed by atoms with Gasteiger partial charge in [0.2, 0.25) is 11.8 Å². The number of rotatable bonds is 4. The Hall–Kier alpha value is -2.49. The van der Waals surface area contributed by atoms with E-state index in [1.807, 2.05) is 0 Å². The Morgan fingerprint density at radius 3 is 2.60 bits per heavy atom. The molecular weight excluding hydrogens is 350 g/mol. The normalized spacial score (nSPS) is 26.7. The molecule has 0 aromatic carbocycles. The highest BCUT2D eigenvalue weighted by atomic mass is 32.2. The molecule has 0 aliphatic carbocycles. The van der Waals surface area contributed by atoms with Crippen molar-refractivity contribution in [1.82, 2.24) is 14.8 Å². The van der Waals surface area contributed by atoms with Crippen LogP contribution in [0.3, 0.4) is 0 Å². The maximum absolute atomic E-state index is 12.3. The molecule has 134 valence electrons. The second-order valence-corrected chi connectivity index (χ2v) is 8.22. The number of β-lactam (4-membered cyclic amide) rings is 1. The standard InChI is InChI=1S/C15H17N3O6S/c1-15(2)11(14(23)24)18-12(22)10(13(18)25-15)16-7(19)6-17-8(20)4-3-5-9(17)21/h3-5,10-11,13,20H,6H2,1-2H3,(H,16,19)(H,23,24)/t10-,11+,13-/m1/s1. The number of thioether (sulfide) groups is 1. The molecule has 3 rings (SSSR count). The van der Waals surface area contributed by atoms with Crippen LogP contribution >= 0.6 is 11.8 Å². The quantitative estimate of drug-likeness (QED) is 0.593. The molecule has 2 aliphatic rings. The van der Waals surface area contributed by atoms with Gasteiger partial charge < -0.3 is 20.4 Å². The minimum atomic E-state index is -1.08. The number of aliphatic carboxylic acids is 1. The van der Waals surface area contributed by atoms with Crippen molar-refractivity contribution in [3.63, 3.8) is 0 Å². The third-order valence-corrected chi connectivity index (χ3v) is 5.89. The summed E-state index contributed by atoms with van der Waals surface area (Å²) in [5.74, 6) is -2.52. The zero-order chi connectivity index (χ0) is 18.5. The third-order valence-electron chi connectivity index (χ3n) is 4.32. The summed E-state index contributed by atoms with van der Waals surface area (Å²) in [7, 11) is 0. The molecule has 2 amide bonds. The molecule has 25 heavy (non-hydrogen) atoms. The van der Waals surface area contributed by atoms with Crippen LogP contribution in [0.4, 0.5) is 0 Å². The molecular formula is C15H17N3O6S. The molecule has 0 saturated carbocycles. The first-order valence-corrected chi connectivity index (χ1v) is 8.42. The number of hydrogen-bond acceptors (Lipinski definition) is 6. The number of hydrogen-bond donors (Lipinski definition) is 3. The fourth-order valence-electron chi connectivity index (χ4n) is 3.18. The van der Waals surface area contributed by atoms with Gasteiger partial charge in [-0.3, -0.25) is 19.0 Å². The van der Waals surface area contributed by atoms with Crippen molar-refractivity contribution in [3.8, 4) is 5.88 Å². The van der Waals surface area contributed by atoms with Crippen molar-refractivity contribution in [2.24, 2.45) is 0 Å². The van der Waals surface area contributed by atoms with Crippen LogP contribution in [-0.2, 0) is 20.9 Å². The van der Waals surface area contributed by atoms with E-state index in [9.17, 15) is 29.4 Å². The molecule has 3 heterocycles. The molecule has 2 aliphatic heterocycles. The molecule has 0 spiro atoms. The van der Waals surface area contributed by atoms with Gasteiger partial charge in [-0.1, -0.05) is 6.07 Å². The monoisotopic (exact) mass is 367 g/mol. The summed E-state index contributed by atoms with van der Waals surface area (Å²) in [6.07, 6.45) is 0. The predicted octanol–water partition coefficient (Wildman–Crippen LogP) is -0.814. The van der Waals surface area contributed by atoms with E-state index in [0.717, 1.165) is 4.57 Å². The second-order valence-electron chi connectivity index (χ2n) is 6.45. The van der Waals surface area contributed by atoms with E-state index in [0.29, 0.717) is 0 Å². The Morgan fingerprint density at radius 1 is 1.32 bits per heavy atom. The van der Waals surface area contributed by atoms with Crippen molar-refractivity contribution in [2.75, 3.05) is 0 Å². The van der Waals surface area contributed by atoms with Gasteiger partial charge in [-0.05, 0) is 19.9 Å². The van der Waals surface area contributed by atoms with Gasteiger partial charge in [-0.2, -0.15) is 0 Å². The van der Waals surface area contributed by atoms with Gasteiger partial charge in [-0.25, -0.2) is 4.79 Å². The first-order chi connectivity index (χ1) is 11.6. The van der Waals surface area contributed by atoms with Crippen LogP contribution in [0.5, 0.6) is 5.88 Å². The van der Waals surface area contributed by atoms with Crippen LogP contribution in [0.2, 0.25) is 0 Å². The SMILES string of the molecule is CC1(C)S[C@@H]2[C@H](NC(=O)Cn3c(O)cccc3=O)C(=O)N2[C@H]1C(=O)O. The summed E-state index contributed by atoms with van der Waals surface area (Å²) in [6.45, 7) is 3.05. The Kier molecular flexibility index (Phi) is 4.02. The first-order valence-electron chi connectivity index (χ1n) is 7.54. The number of pyridine rings is 1. The highest BCUT2D eigenvalue weighted by molar-refractivity contribution is 8.01. The highest BCUT2D eigenvalue weighted by Gasteiger charge is 2.64. The Labute approximate surface area is 146 Å². The van der Waals surface area contributed by atoms with E-state index in [1.54, 1.807) is 13.8 Å². The van der Waals surface area contributed by atoms with Crippen LogP contribution in [0.1, 0.15) is 13.8 Å². The number of fused-ring (bicyclic) bond motifs is 1. The molecule has 0 unspecified atom stereocenters. The maximum atomic E-state index is 12.3. The molecule has 10 heteroatoms. The van der Waals surface area contributed by atoms with Gasteiger partial charge in [0, 0.05) is 10.8 Å². The minimum absolute atomic E-state index is 0.355. The summed E-state index contributed by atoms with van der Waals surface area (Å²) in [5.41, 5.74) is -0.543. The lowest BCUT2D eigenvalue weighted by atomic mass is 9.96. The Morgan fingerprint density at radius 2 is 2.00 bits per heavy atom. The number of carboxylic acid groups (broad SMARTS) is 1. The predicted molar refractivity (Wildman–Crippen MR) is 88.0 cm³/mol. The summed E-state index contributed by atoms with van der Waals surface area (Å²) >= 11 is 1.31. The lowest BCUT2D eigenvalue weighted by molar-refractivity contribution is -0.161. The maximum Gasteiger partial charge on any atom is 0.327 e. The molecule has 1 aromatic rings. The van der Waals surface area contributed by atoms with E-state index >= 15 is 0 Å². The topological polar surface area (TPSA) is 129 Å². The Balaban J connectivity index is 1.71. The van der Waals surface area contributed by atoms with Crippen molar-refractivity contribution in [2.45, 2.75) is 42.6 Å². The van der Waals surface area contributed by atoms with Gasteiger partial charge in [0.1, 0.15) is 24.0 Å². The van der Waals surface area contributed by atoms with E-state index in [1.165, 1.54) is 34.9 Å².